The third-order valence-electron chi connectivity index (χ3n) is 2.46. The first-order chi connectivity index (χ1) is 7.38. The highest BCUT2D eigenvalue weighted by Crippen LogP contribution is 2.41. The van der Waals surface area contributed by atoms with Crippen molar-refractivity contribution in [2.24, 2.45) is 0 Å². The number of hydrogen-bond donors (Lipinski definition) is 0. The minimum absolute atomic E-state index is 0.566. The first kappa shape index (κ1) is 8.68. The average Bonchev–Trinajstić information content (AvgIpc) is 2.72. The predicted molar refractivity (Wildman–Crippen MR) is 59.5 cm³/mol. The molecule has 0 saturated carbocycles. The molecule has 2 nitrogen and oxygen atoms in total. The van der Waals surface area contributed by atoms with Crippen LogP contribution in [0.4, 0.5) is 0 Å². The van der Waals surface area contributed by atoms with E-state index >= 15 is 0 Å². The van der Waals surface area contributed by atoms with E-state index in [0.29, 0.717) is 6.61 Å². The molecule has 0 radical (unpaired) electrons. The van der Waals surface area contributed by atoms with Crippen molar-refractivity contribution in [2.45, 2.75) is 6.61 Å². The number of fused-ring (bicyclic) bond motifs is 3. The third kappa shape index (κ3) is 1.27. The van der Waals surface area contributed by atoms with Crippen molar-refractivity contribution in [3.63, 3.8) is 0 Å². The molecule has 0 fully saturated rings. The number of aldehydes is 1. The molecule has 0 unspecified atom stereocenters. The van der Waals surface area contributed by atoms with E-state index in [1.54, 1.807) is 0 Å². The standard InChI is InChI=1S/C12H8O2S/c13-6-9-5-8-7-14-11-4-2-1-3-10(11)12(8)15-9/h1-6H,7H2. The number of hydrogen-bond acceptors (Lipinski definition) is 3. The lowest BCUT2D eigenvalue weighted by Gasteiger charge is -2.16. The smallest absolute Gasteiger partial charge is 0.160 e. The summed E-state index contributed by atoms with van der Waals surface area (Å²) in [6.45, 7) is 0.566. The number of carbonyl (C=O) groups excluding carboxylic acids is 1. The summed E-state index contributed by atoms with van der Waals surface area (Å²) in [5.41, 5.74) is 2.21. The van der Waals surface area contributed by atoms with E-state index in [1.807, 2.05) is 30.3 Å². The summed E-state index contributed by atoms with van der Waals surface area (Å²) in [7, 11) is 0. The van der Waals surface area contributed by atoms with Gasteiger partial charge in [0, 0.05) is 16.0 Å². The van der Waals surface area contributed by atoms with Crippen LogP contribution in [0.2, 0.25) is 0 Å². The van der Waals surface area contributed by atoms with Gasteiger partial charge in [-0.1, -0.05) is 12.1 Å². The highest BCUT2D eigenvalue weighted by molar-refractivity contribution is 7.17. The van der Waals surface area contributed by atoms with Gasteiger partial charge in [-0.3, -0.25) is 4.79 Å². The van der Waals surface area contributed by atoms with Crippen LogP contribution >= 0.6 is 11.3 Å². The average molecular weight is 216 g/mol. The maximum absolute atomic E-state index is 10.7. The summed E-state index contributed by atoms with van der Waals surface area (Å²) in [4.78, 5) is 12.6. The summed E-state index contributed by atoms with van der Waals surface area (Å²) < 4.78 is 5.60. The Labute approximate surface area is 91.1 Å². The zero-order valence-corrected chi connectivity index (χ0v) is 8.71. The first-order valence-corrected chi connectivity index (χ1v) is 5.50. The molecule has 2 heterocycles. The Hall–Kier alpha value is -1.61. The summed E-state index contributed by atoms with van der Waals surface area (Å²) in [6, 6.07) is 9.83. The van der Waals surface area contributed by atoms with Crippen molar-refractivity contribution < 1.29 is 9.53 Å². The van der Waals surface area contributed by atoms with Gasteiger partial charge in [0.15, 0.2) is 6.29 Å². The molecule has 15 heavy (non-hydrogen) atoms. The van der Waals surface area contributed by atoms with Crippen LogP contribution < -0.4 is 4.74 Å². The van der Waals surface area contributed by atoms with Crippen LogP contribution in [-0.2, 0) is 6.61 Å². The van der Waals surface area contributed by atoms with E-state index in [2.05, 4.69) is 0 Å². The van der Waals surface area contributed by atoms with E-state index in [0.717, 1.165) is 28.0 Å². The van der Waals surface area contributed by atoms with Gasteiger partial charge < -0.3 is 4.74 Å². The van der Waals surface area contributed by atoms with Crippen molar-refractivity contribution in [2.75, 3.05) is 0 Å². The van der Waals surface area contributed by atoms with Crippen LogP contribution in [0.25, 0.3) is 10.4 Å². The van der Waals surface area contributed by atoms with Gasteiger partial charge in [0.1, 0.15) is 12.4 Å². The molecule has 1 aliphatic heterocycles. The summed E-state index contributed by atoms with van der Waals surface area (Å²) in [5.74, 6) is 0.907. The van der Waals surface area contributed by atoms with E-state index < -0.39 is 0 Å². The molecule has 3 rings (SSSR count). The quantitative estimate of drug-likeness (QED) is 0.684. The lowest BCUT2D eigenvalue weighted by atomic mass is 10.1. The number of rotatable bonds is 1. The molecule has 0 amide bonds. The largest absolute Gasteiger partial charge is 0.488 e. The van der Waals surface area contributed by atoms with Gasteiger partial charge in [0.25, 0.3) is 0 Å². The van der Waals surface area contributed by atoms with Gasteiger partial charge in [-0.25, -0.2) is 0 Å². The van der Waals surface area contributed by atoms with Gasteiger partial charge >= 0.3 is 0 Å². The van der Waals surface area contributed by atoms with Crippen molar-refractivity contribution in [1.82, 2.24) is 0 Å². The molecule has 1 aliphatic rings. The lowest BCUT2D eigenvalue weighted by Crippen LogP contribution is -2.01. The molecule has 0 spiro atoms. The molecule has 1 aromatic heterocycles. The number of thiophene rings is 1. The minimum Gasteiger partial charge on any atom is -0.488 e. The molecule has 0 aliphatic carbocycles. The summed E-state index contributed by atoms with van der Waals surface area (Å²) in [6.07, 6.45) is 0.894. The van der Waals surface area contributed by atoms with Gasteiger partial charge in [-0.2, -0.15) is 0 Å². The SMILES string of the molecule is O=Cc1cc2c(s1)-c1ccccc1OC2. The summed E-state index contributed by atoms with van der Waals surface area (Å²) >= 11 is 1.53. The molecular formula is C12H8O2S. The Morgan fingerprint density at radius 1 is 1.33 bits per heavy atom. The van der Waals surface area contributed by atoms with Crippen LogP contribution in [0.5, 0.6) is 5.75 Å². The van der Waals surface area contributed by atoms with Crippen LogP contribution in [0.3, 0.4) is 0 Å². The lowest BCUT2D eigenvalue weighted by molar-refractivity contribution is 0.112. The van der Waals surface area contributed by atoms with Crippen LogP contribution in [0.15, 0.2) is 30.3 Å². The second-order valence-corrected chi connectivity index (χ2v) is 4.49. The molecule has 1 aromatic carbocycles. The van der Waals surface area contributed by atoms with E-state index in [1.165, 1.54) is 16.2 Å². The zero-order valence-electron chi connectivity index (χ0n) is 7.90. The molecular weight excluding hydrogens is 208 g/mol. The third-order valence-corrected chi connectivity index (χ3v) is 3.60. The van der Waals surface area contributed by atoms with Crippen molar-refractivity contribution in [3.8, 4) is 16.2 Å². The Morgan fingerprint density at radius 3 is 3.07 bits per heavy atom. The second-order valence-electron chi connectivity index (χ2n) is 3.41. The Morgan fingerprint density at radius 2 is 2.20 bits per heavy atom. The number of ether oxygens (including phenoxy) is 1. The monoisotopic (exact) mass is 216 g/mol. The summed E-state index contributed by atoms with van der Waals surface area (Å²) in [5, 5.41) is 0. The molecule has 0 bridgehead atoms. The van der Waals surface area contributed by atoms with Crippen LogP contribution in [-0.4, -0.2) is 6.29 Å². The maximum atomic E-state index is 10.7. The molecule has 2 aromatic rings. The molecule has 3 heteroatoms. The van der Waals surface area contributed by atoms with Crippen molar-refractivity contribution in [1.29, 1.82) is 0 Å². The fourth-order valence-corrected chi connectivity index (χ4v) is 2.79. The topological polar surface area (TPSA) is 26.3 Å². The van der Waals surface area contributed by atoms with Gasteiger partial charge in [-0.05, 0) is 18.2 Å². The Bertz CT molecular complexity index is 528. The fraction of sp³-hybridized carbons (Fsp3) is 0.0833. The molecule has 74 valence electrons. The minimum atomic E-state index is 0.566. The van der Waals surface area contributed by atoms with Crippen LogP contribution in [0.1, 0.15) is 15.2 Å². The molecule has 0 saturated heterocycles. The van der Waals surface area contributed by atoms with E-state index in [-0.39, 0.29) is 0 Å². The zero-order chi connectivity index (χ0) is 10.3. The van der Waals surface area contributed by atoms with Crippen LogP contribution in [0, 0.1) is 0 Å². The molecule has 0 atom stereocenters. The van der Waals surface area contributed by atoms with Gasteiger partial charge in [0.05, 0.1) is 4.88 Å². The van der Waals surface area contributed by atoms with Crippen molar-refractivity contribution in [3.05, 3.63) is 40.8 Å². The number of carbonyl (C=O) groups is 1. The first-order valence-electron chi connectivity index (χ1n) is 4.68. The number of para-hydroxylation sites is 1. The highest BCUT2D eigenvalue weighted by Gasteiger charge is 2.19. The molecule has 0 N–H and O–H groups in total. The van der Waals surface area contributed by atoms with Crippen molar-refractivity contribution >= 4 is 17.6 Å². The highest BCUT2D eigenvalue weighted by atomic mass is 32.1. The predicted octanol–water partition coefficient (Wildman–Crippen LogP) is 3.12. The number of benzene rings is 1. The Kier molecular flexibility index (Phi) is 1.86. The maximum Gasteiger partial charge on any atom is 0.160 e. The fourth-order valence-electron chi connectivity index (χ4n) is 1.78. The second kappa shape index (κ2) is 3.21. The Balaban J connectivity index is 2.24. The normalized spacial score (nSPS) is 12.5. The van der Waals surface area contributed by atoms with E-state index in [9.17, 15) is 4.79 Å². The van der Waals surface area contributed by atoms with Gasteiger partial charge in [-0.15, -0.1) is 11.3 Å². The van der Waals surface area contributed by atoms with Gasteiger partial charge in [0.2, 0.25) is 0 Å². The van der Waals surface area contributed by atoms with E-state index in [4.69, 9.17) is 4.74 Å².